The fourth-order valence-corrected chi connectivity index (χ4v) is 2.29. The highest BCUT2D eigenvalue weighted by Crippen LogP contribution is 2.24. The molecule has 0 spiro atoms. The van der Waals surface area contributed by atoms with Gasteiger partial charge >= 0.3 is 0 Å². The van der Waals surface area contributed by atoms with Crippen molar-refractivity contribution in [1.29, 1.82) is 0 Å². The maximum atomic E-state index is 9.11. The van der Waals surface area contributed by atoms with E-state index in [1.165, 1.54) is 6.33 Å². The molecule has 0 saturated carbocycles. The monoisotopic (exact) mass is 234 g/mol. The number of aliphatic hydroxyl groups is 1. The van der Waals surface area contributed by atoms with Crippen LogP contribution in [-0.4, -0.2) is 43.8 Å². The summed E-state index contributed by atoms with van der Waals surface area (Å²) >= 11 is 0. The van der Waals surface area contributed by atoms with Crippen molar-refractivity contribution < 1.29 is 5.11 Å². The molecule has 7 heteroatoms. The molecule has 3 rings (SSSR count). The molecule has 1 aliphatic rings. The summed E-state index contributed by atoms with van der Waals surface area (Å²) in [5.41, 5.74) is 7.13. The molecule has 2 atom stereocenters. The minimum absolute atomic E-state index is 0.150. The topological polar surface area (TPSA) is 102 Å². The van der Waals surface area contributed by atoms with E-state index in [2.05, 4.69) is 20.3 Å². The van der Waals surface area contributed by atoms with Gasteiger partial charge in [0, 0.05) is 12.6 Å². The number of hydrogen-bond donors (Lipinski definition) is 3. The third kappa shape index (κ3) is 1.63. The lowest BCUT2D eigenvalue weighted by Gasteiger charge is -2.11. The molecule has 0 aliphatic carbocycles. The number of hydrogen-bond acceptors (Lipinski definition) is 6. The van der Waals surface area contributed by atoms with Crippen LogP contribution in [0.4, 0.5) is 5.82 Å². The fraction of sp³-hybridized carbons (Fsp3) is 0.500. The lowest BCUT2D eigenvalue weighted by atomic mass is 10.2. The van der Waals surface area contributed by atoms with Gasteiger partial charge in [-0.05, 0) is 6.42 Å². The summed E-state index contributed by atoms with van der Waals surface area (Å²) in [6.07, 6.45) is 4.05. The quantitative estimate of drug-likeness (QED) is 0.635. The minimum atomic E-state index is 0.150. The molecular weight excluding hydrogens is 220 g/mol. The number of rotatable bonds is 2. The molecule has 0 amide bonds. The van der Waals surface area contributed by atoms with Crippen molar-refractivity contribution in [3.8, 4) is 0 Å². The van der Waals surface area contributed by atoms with Crippen LogP contribution in [0, 0.1) is 0 Å². The van der Waals surface area contributed by atoms with E-state index >= 15 is 0 Å². The average molecular weight is 234 g/mol. The number of nitrogens with one attached hydrogen (secondary N) is 1. The molecule has 2 aromatic heterocycles. The molecule has 2 aromatic rings. The molecule has 1 saturated heterocycles. The Bertz CT molecular complexity index is 539. The van der Waals surface area contributed by atoms with E-state index in [4.69, 9.17) is 10.8 Å². The standard InChI is InChI=1S/C10H14N6O/c11-9-8-10(14-4-13-9)16(5-15-8)7-1-6(3-17)12-2-7/h4-7,12,17H,1-3H2,(H2,11,13,14)/t6-,7-/m1/s1. The number of anilines is 1. The Morgan fingerprint density at radius 3 is 3.12 bits per heavy atom. The number of aliphatic hydroxyl groups excluding tert-OH is 1. The highest BCUT2D eigenvalue weighted by Gasteiger charge is 2.26. The Morgan fingerprint density at radius 1 is 1.47 bits per heavy atom. The second kappa shape index (κ2) is 3.94. The first-order valence-electron chi connectivity index (χ1n) is 5.57. The van der Waals surface area contributed by atoms with Crippen LogP contribution >= 0.6 is 0 Å². The molecule has 0 aromatic carbocycles. The Kier molecular flexibility index (Phi) is 2.41. The first kappa shape index (κ1) is 10.4. The van der Waals surface area contributed by atoms with Crippen LogP contribution in [0.5, 0.6) is 0 Å². The summed E-state index contributed by atoms with van der Waals surface area (Å²) in [5.74, 6) is 0.401. The summed E-state index contributed by atoms with van der Waals surface area (Å²) in [7, 11) is 0. The summed E-state index contributed by atoms with van der Waals surface area (Å²) < 4.78 is 2.00. The smallest absolute Gasteiger partial charge is 0.165 e. The van der Waals surface area contributed by atoms with Gasteiger partial charge in [0.15, 0.2) is 11.5 Å². The lowest BCUT2D eigenvalue weighted by molar-refractivity contribution is 0.253. The summed E-state index contributed by atoms with van der Waals surface area (Å²) in [4.78, 5) is 12.4. The molecule has 3 heterocycles. The van der Waals surface area contributed by atoms with Gasteiger partial charge in [-0.1, -0.05) is 0 Å². The van der Waals surface area contributed by atoms with Gasteiger partial charge in [-0.15, -0.1) is 0 Å². The van der Waals surface area contributed by atoms with Crippen molar-refractivity contribution in [2.24, 2.45) is 0 Å². The molecule has 1 fully saturated rings. The molecule has 0 radical (unpaired) electrons. The van der Waals surface area contributed by atoms with Crippen molar-refractivity contribution in [2.45, 2.75) is 18.5 Å². The van der Waals surface area contributed by atoms with E-state index < -0.39 is 0 Å². The van der Waals surface area contributed by atoms with Crippen molar-refractivity contribution >= 4 is 17.0 Å². The second-order valence-electron chi connectivity index (χ2n) is 4.26. The van der Waals surface area contributed by atoms with E-state index in [0.717, 1.165) is 18.6 Å². The maximum Gasteiger partial charge on any atom is 0.165 e. The number of nitrogens with zero attached hydrogens (tertiary/aromatic N) is 4. The molecule has 90 valence electrons. The average Bonchev–Trinajstić information content (AvgIpc) is 2.94. The third-order valence-electron chi connectivity index (χ3n) is 3.20. The van der Waals surface area contributed by atoms with Crippen LogP contribution in [0.2, 0.25) is 0 Å². The fourth-order valence-electron chi connectivity index (χ4n) is 2.29. The van der Waals surface area contributed by atoms with Crippen LogP contribution in [-0.2, 0) is 0 Å². The summed E-state index contributed by atoms with van der Waals surface area (Å²) in [6.45, 7) is 0.959. The van der Waals surface area contributed by atoms with Gasteiger partial charge in [-0.3, -0.25) is 0 Å². The Morgan fingerprint density at radius 2 is 2.35 bits per heavy atom. The molecule has 17 heavy (non-hydrogen) atoms. The van der Waals surface area contributed by atoms with E-state index in [0.29, 0.717) is 11.3 Å². The number of nitrogens with two attached hydrogens (primary N) is 1. The van der Waals surface area contributed by atoms with Gasteiger partial charge in [0.2, 0.25) is 0 Å². The molecule has 1 aliphatic heterocycles. The predicted octanol–water partition coefficient (Wildman–Crippen LogP) is -0.696. The summed E-state index contributed by atoms with van der Waals surface area (Å²) in [5, 5.41) is 12.4. The largest absolute Gasteiger partial charge is 0.395 e. The van der Waals surface area contributed by atoms with E-state index in [9.17, 15) is 0 Å². The van der Waals surface area contributed by atoms with E-state index in [-0.39, 0.29) is 18.7 Å². The highest BCUT2D eigenvalue weighted by atomic mass is 16.3. The van der Waals surface area contributed by atoms with Crippen LogP contribution in [0.25, 0.3) is 11.2 Å². The van der Waals surface area contributed by atoms with Gasteiger partial charge < -0.3 is 20.7 Å². The second-order valence-corrected chi connectivity index (χ2v) is 4.26. The van der Waals surface area contributed by atoms with Gasteiger partial charge in [0.1, 0.15) is 11.8 Å². The Labute approximate surface area is 97.7 Å². The SMILES string of the molecule is Nc1ncnc2c1ncn2[C@H]1CN[C@@H](CO)C1. The van der Waals surface area contributed by atoms with E-state index in [1.54, 1.807) is 6.33 Å². The number of imidazole rings is 1. The van der Waals surface area contributed by atoms with Crippen molar-refractivity contribution in [2.75, 3.05) is 18.9 Å². The number of aromatic nitrogens is 4. The van der Waals surface area contributed by atoms with E-state index in [1.807, 2.05) is 4.57 Å². The molecule has 0 unspecified atom stereocenters. The van der Waals surface area contributed by atoms with Gasteiger partial charge in [-0.2, -0.15) is 0 Å². The van der Waals surface area contributed by atoms with Crippen molar-refractivity contribution in [3.63, 3.8) is 0 Å². The first-order chi connectivity index (χ1) is 8.29. The molecule has 7 nitrogen and oxygen atoms in total. The third-order valence-corrected chi connectivity index (χ3v) is 3.20. The van der Waals surface area contributed by atoms with Crippen molar-refractivity contribution in [1.82, 2.24) is 24.8 Å². The van der Waals surface area contributed by atoms with Gasteiger partial charge in [0.05, 0.1) is 19.0 Å². The molecule has 0 bridgehead atoms. The predicted molar refractivity (Wildman–Crippen MR) is 62.3 cm³/mol. The van der Waals surface area contributed by atoms with Gasteiger partial charge in [0.25, 0.3) is 0 Å². The van der Waals surface area contributed by atoms with Crippen LogP contribution in [0.3, 0.4) is 0 Å². The zero-order valence-corrected chi connectivity index (χ0v) is 9.24. The minimum Gasteiger partial charge on any atom is -0.395 e. The molecular formula is C10H14N6O. The zero-order valence-electron chi connectivity index (χ0n) is 9.24. The Balaban J connectivity index is 1.99. The van der Waals surface area contributed by atoms with Crippen LogP contribution in [0.1, 0.15) is 12.5 Å². The van der Waals surface area contributed by atoms with Crippen molar-refractivity contribution in [3.05, 3.63) is 12.7 Å². The zero-order chi connectivity index (χ0) is 11.8. The normalized spacial score (nSPS) is 24.5. The lowest BCUT2D eigenvalue weighted by Crippen LogP contribution is -2.24. The maximum absolute atomic E-state index is 9.11. The Hall–Kier alpha value is -1.73. The summed E-state index contributed by atoms with van der Waals surface area (Å²) in [6, 6.07) is 0.406. The first-order valence-corrected chi connectivity index (χ1v) is 5.57. The number of fused-ring (bicyclic) bond motifs is 1. The van der Waals surface area contributed by atoms with Crippen LogP contribution in [0.15, 0.2) is 12.7 Å². The number of nitrogen functional groups attached to an aromatic ring is 1. The molecule has 4 N–H and O–H groups in total. The van der Waals surface area contributed by atoms with Gasteiger partial charge in [-0.25, -0.2) is 15.0 Å². The van der Waals surface area contributed by atoms with Crippen LogP contribution < -0.4 is 11.1 Å². The highest BCUT2D eigenvalue weighted by molar-refractivity contribution is 5.81.